The Morgan fingerprint density at radius 2 is 1.32 bits per heavy atom. The minimum Gasteiger partial charge on any atom is -0.463 e. The van der Waals surface area contributed by atoms with E-state index < -0.39 is 17.5 Å². The van der Waals surface area contributed by atoms with E-state index in [1.165, 1.54) is 6.08 Å². The molecule has 144 valence electrons. The molecule has 0 saturated carbocycles. The maximum absolute atomic E-state index is 12.4. The normalized spacial score (nSPS) is 11.1. The van der Waals surface area contributed by atoms with E-state index in [4.69, 9.17) is 4.74 Å². The molecule has 0 heterocycles. The zero-order valence-corrected chi connectivity index (χ0v) is 16.2. The van der Waals surface area contributed by atoms with Crippen molar-refractivity contribution >= 4 is 29.7 Å². The Hall–Kier alpha value is -3.27. The van der Waals surface area contributed by atoms with Gasteiger partial charge in [-0.15, -0.1) is 0 Å². The number of allylic oxidation sites excluding steroid dienone is 1. The zero-order chi connectivity index (χ0) is 20.4. The third-order valence-corrected chi connectivity index (χ3v) is 4.07. The van der Waals surface area contributed by atoms with Crippen molar-refractivity contribution in [3.63, 3.8) is 0 Å². The first-order valence-corrected chi connectivity index (χ1v) is 9.32. The van der Waals surface area contributed by atoms with E-state index in [0.29, 0.717) is 17.7 Å². The first-order valence-electron chi connectivity index (χ1n) is 9.32. The lowest BCUT2D eigenvalue weighted by Crippen LogP contribution is -2.14. The second-order valence-corrected chi connectivity index (χ2v) is 6.26. The number of benzene rings is 2. The van der Waals surface area contributed by atoms with Crippen LogP contribution in [0.5, 0.6) is 0 Å². The smallest absolute Gasteiger partial charge is 0.330 e. The van der Waals surface area contributed by atoms with Crippen molar-refractivity contribution in [1.82, 2.24) is 0 Å². The van der Waals surface area contributed by atoms with Crippen LogP contribution in [0.2, 0.25) is 0 Å². The second-order valence-electron chi connectivity index (χ2n) is 6.26. The van der Waals surface area contributed by atoms with Crippen LogP contribution in [0.3, 0.4) is 0 Å². The van der Waals surface area contributed by atoms with Crippen molar-refractivity contribution in [1.29, 1.82) is 0 Å². The minimum absolute atomic E-state index is 0.310. The Kier molecular flexibility index (Phi) is 8.10. The number of Topliss-reactive ketones (excluding diaryl/α,β-unsaturated/α-hetero) is 2. The van der Waals surface area contributed by atoms with Crippen molar-refractivity contribution in [3.8, 4) is 0 Å². The summed E-state index contributed by atoms with van der Waals surface area (Å²) in [5, 5.41) is 0. The highest BCUT2D eigenvalue weighted by Crippen LogP contribution is 2.12. The van der Waals surface area contributed by atoms with Crippen LogP contribution in [-0.2, 0) is 9.53 Å². The van der Waals surface area contributed by atoms with Crippen molar-refractivity contribution < 1.29 is 19.1 Å². The summed E-state index contributed by atoms with van der Waals surface area (Å²) in [5.41, 5.74) is 2.38. The summed E-state index contributed by atoms with van der Waals surface area (Å²) in [7, 11) is 0. The Morgan fingerprint density at radius 1 is 0.821 bits per heavy atom. The maximum Gasteiger partial charge on any atom is 0.330 e. The van der Waals surface area contributed by atoms with Gasteiger partial charge in [0.25, 0.3) is 0 Å². The molecule has 28 heavy (non-hydrogen) atoms. The molecule has 0 amide bonds. The molecular weight excluding hydrogens is 352 g/mol. The summed E-state index contributed by atoms with van der Waals surface area (Å²) >= 11 is 0. The molecule has 0 N–H and O–H groups in total. The van der Waals surface area contributed by atoms with Gasteiger partial charge in [-0.25, -0.2) is 4.79 Å². The van der Waals surface area contributed by atoms with Crippen LogP contribution in [0.4, 0.5) is 0 Å². The molecule has 0 aliphatic carbocycles. The van der Waals surface area contributed by atoms with Gasteiger partial charge in [-0.1, -0.05) is 74.0 Å². The largest absolute Gasteiger partial charge is 0.463 e. The molecule has 4 heteroatoms. The van der Waals surface area contributed by atoms with Gasteiger partial charge in [-0.05, 0) is 30.5 Å². The molecule has 0 aliphatic rings. The SMILES string of the molecule is C/C=C/c1ccc(C(=O)C(=O)c2ccc(/C=C\C(=O)OCCCC)cc2)cc1. The van der Waals surface area contributed by atoms with Crippen molar-refractivity contribution in [2.75, 3.05) is 6.61 Å². The summed E-state index contributed by atoms with van der Waals surface area (Å²) in [5.74, 6) is -1.51. The number of hydrogen-bond acceptors (Lipinski definition) is 4. The Morgan fingerprint density at radius 3 is 1.79 bits per heavy atom. The first kappa shape index (κ1) is 21.0. The van der Waals surface area contributed by atoms with Crippen LogP contribution in [0, 0.1) is 0 Å². The van der Waals surface area contributed by atoms with E-state index in [1.807, 2.05) is 26.0 Å². The molecule has 2 aromatic carbocycles. The second kappa shape index (κ2) is 10.8. The average Bonchev–Trinajstić information content (AvgIpc) is 2.72. The summed E-state index contributed by atoms with van der Waals surface area (Å²) in [6.45, 7) is 4.35. The molecule has 0 saturated heterocycles. The van der Waals surface area contributed by atoms with Gasteiger partial charge in [0.05, 0.1) is 6.61 Å². The fourth-order valence-electron chi connectivity index (χ4n) is 2.48. The Balaban J connectivity index is 2.00. The predicted octanol–water partition coefficient (Wildman–Crippen LogP) is 5.14. The molecule has 0 fully saturated rings. The van der Waals surface area contributed by atoms with Gasteiger partial charge < -0.3 is 4.74 Å². The van der Waals surface area contributed by atoms with Crippen LogP contribution in [0.25, 0.3) is 12.2 Å². The minimum atomic E-state index is -0.562. The predicted molar refractivity (Wildman–Crippen MR) is 111 cm³/mol. The van der Waals surface area contributed by atoms with E-state index >= 15 is 0 Å². The van der Waals surface area contributed by atoms with Gasteiger partial charge >= 0.3 is 5.97 Å². The molecule has 4 nitrogen and oxygen atoms in total. The van der Waals surface area contributed by atoms with E-state index in [1.54, 1.807) is 54.6 Å². The van der Waals surface area contributed by atoms with E-state index in [-0.39, 0.29) is 0 Å². The van der Waals surface area contributed by atoms with E-state index in [0.717, 1.165) is 24.0 Å². The number of ether oxygens (including phenoxy) is 1. The summed E-state index contributed by atoms with van der Waals surface area (Å²) in [6.07, 6.45) is 8.59. The lowest BCUT2D eigenvalue weighted by molar-refractivity contribution is -0.137. The van der Waals surface area contributed by atoms with Gasteiger partial charge in [0.15, 0.2) is 0 Å². The quantitative estimate of drug-likeness (QED) is 0.200. The van der Waals surface area contributed by atoms with Crippen molar-refractivity contribution in [3.05, 3.63) is 82.9 Å². The maximum atomic E-state index is 12.4. The number of unbranched alkanes of at least 4 members (excludes halogenated alkanes) is 1. The molecule has 2 rings (SSSR count). The third kappa shape index (κ3) is 6.16. The number of esters is 1. The molecule has 0 spiro atoms. The van der Waals surface area contributed by atoms with Crippen LogP contribution < -0.4 is 0 Å². The molecule has 0 atom stereocenters. The highest BCUT2D eigenvalue weighted by atomic mass is 16.5. The van der Waals surface area contributed by atoms with Crippen LogP contribution in [0.1, 0.15) is 58.5 Å². The van der Waals surface area contributed by atoms with Crippen LogP contribution in [0.15, 0.2) is 60.7 Å². The number of rotatable bonds is 9. The highest BCUT2D eigenvalue weighted by Gasteiger charge is 2.17. The standard InChI is InChI=1S/C24H24O4/c1-3-5-17-28-22(25)16-11-19-9-14-21(15-10-19)24(27)23(26)20-12-7-18(6-4-2)8-13-20/h4,6-16H,3,5,17H2,1-2H3/b6-4+,16-11-. The molecular formula is C24H24O4. The van der Waals surface area contributed by atoms with Crippen LogP contribution >= 0.6 is 0 Å². The van der Waals surface area contributed by atoms with Crippen molar-refractivity contribution in [2.24, 2.45) is 0 Å². The molecule has 0 aliphatic heterocycles. The monoisotopic (exact) mass is 376 g/mol. The fraction of sp³-hybridized carbons (Fsp3) is 0.208. The van der Waals surface area contributed by atoms with E-state index in [2.05, 4.69) is 0 Å². The molecule has 0 bridgehead atoms. The molecule has 2 aromatic rings. The third-order valence-electron chi connectivity index (χ3n) is 4.07. The molecule has 0 radical (unpaired) electrons. The van der Waals surface area contributed by atoms with Crippen molar-refractivity contribution in [2.45, 2.75) is 26.7 Å². The van der Waals surface area contributed by atoms with Gasteiger partial charge in [-0.3, -0.25) is 9.59 Å². The zero-order valence-electron chi connectivity index (χ0n) is 16.2. The number of carbonyl (C=O) groups excluding carboxylic acids is 3. The number of carbonyl (C=O) groups is 3. The number of ketones is 2. The molecule has 0 unspecified atom stereocenters. The van der Waals surface area contributed by atoms with Crippen LogP contribution in [-0.4, -0.2) is 24.1 Å². The molecule has 0 aromatic heterocycles. The number of hydrogen-bond donors (Lipinski definition) is 0. The van der Waals surface area contributed by atoms with E-state index in [9.17, 15) is 14.4 Å². The lowest BCUT2D eigenvalue weighted by Gasteiger charge is -2.03. The highest BCUT2D eigenvalue weighted by molar-refractivity contribution is 6.49. The lowest BCUT2D eigenvalue weighted by atomic mass is 9.99. The topological polar surface area (TPSA) is 60.4 Å². The van der Waals surface area contributed by atoms with Gasteiger partial charge in [0.1, 0.15) is 0 Å². The Labute approximate surface area is 165 Å². The Bertz CT molecular complexity index is 872. The summed E-state index contributed by atoms with van der Waals surface area (Å²) in [6, 6.07) is 13.4. The van der Waals surface area contributed by atoms with Gasteiger partial charge in [0.2, 0.25) is 11.6 Å². The van der Waals surface area contributed by atoms with Gasteiger partial charge in [-0.2, -0.15) is 0 Å². The summed E-state index contributed by atoms with van der Waals surface area (Å²) < 4.78 is 5.04. The average molecular weight is 376 g/mol. The first-order chi connectivity index (χ1) is 13.5. The fourth-order valence-corrected chi connectivity index (χ4v) is 2.48. The summed E-state index contributed by atoms with van der Waals surface area (Å²) in [4.78, 5) is 36.4. The van der Waals surface area contributed by atoms with Gasteiger partial charge in [0, 0.05) is 17.2 Å².